The summed E-state index contributed by atoms with van der Waals surface area (Å²) in [6, 6.07) is 18.2. The molecule has 1 heterocycles. The number of carbonyl (C=O) groups excluding carboxylic acids is 2. The Morgan fingerprint density at radius 1 is 0.970 bits per heavy atom. The Kier molecular flexibility index (Phi) is 6.44. The van der Waals surface area contributed by atoms with E-state index in [0.29, 0.717) is 17.0 Å². The summed E-state index contributed by atoms with van der Waals surface area (Å²) in [5, 5.41) is 11.6. The zero-order valence-electron chi connectivity index (χ0n) is 17.7. The first-order chi connectivity index (χ1) is 15.9. The van der Waals surface area contributed by atoms with Crippen LogP contribution in [0.2, 0.25) is 5.02 Å². The number of benzene rings is 3. The van der Waals surface area contributed by atoms with Crippen molar-refractivity contribution in [1.29, 1.82) is 0 Å². The lowest BCUT2D eigenvalue weighted by molar-refractivity contribution is -0.132. The number of ketones is 1. The van der Waals surface area contributed by atoms with Crippen LogP contribution in [0.15, 0.2) is 76.8 Å². The molecule has 0 aliphatic carbocycles. The third-order valence-corrected chi connectivity index (χ3v) is 6.16. The lowest BCUT2D eigenvalue weighted by Gasteiger charge is -2.25. The molecular weight excluding hydrogens is 510 g/mol. The van der Waals surface area contributed by atoms with Crippen molar-refractivity contribution in [2.24, 2.45) is 0 Å². The molecule has 1 aliphatic heterocycles. The Morgan fingerprint density at radius 2 is 1.67 bits per heavy atom. The third-order valence-electron chi connectivity index (χ3n) is 5.38. The molecule has 168 valence electrons. The number of rotatable bonds is 5. The normalized spacial score (nSPS) is 17.3. The lowest BCUT2D eigenvalue weighted by Crippen LogP contribution is -2.29. The van der Waals surface area contributed by atoms with Gasteiger partial charge in [-0.2, -0.15) is 0 Å². The summed E-state index contributed by atoms with van der Waals surface area (Å²) in [5.41, 5.74) is 1.29. The summed E-state index contributed by atoms with van der Waals surface area (Å²) in [6.45, 7) is 0. The first-order valence-electron chi connectivity index (χ1n) is 9.90. The zero-order valence-corrected chi connectivity index (χ0v) is 20.1. The largest absolute Gasteiger partial charge is 0.507 e. The van der Waals surface area contributed by atoms with Crippen LogP contribution >= 0.6 is 27.5 Å². The molecule has 0 radical (unpaired) electrons. The van der Waals surface area contributed by atoms with Gasteiger partial charge in [0.2, 0.25) is 0 Å². The molecule has 8 heteroatoms. The smallest absolute Gasteiger partial charge is 0.300 e. The minimum absolute atomic E-state index is 0.0642. The summed E-state index contributed by atoms with van der Waals surface area (Å²) >= 11 is 9.70. The lowest BCUT2D eigenvalue weighted by atomic mass is 9.95. The number of hydrogen-bond donors (Lipinski definition) is 1. The molecule has 1 saturated heterocycles. The second kappa shape index (κ2) is 9.29. The van der Waals surface area contributed by atoms with E-state index in [9.17, 15) is 14.7 Å². The van der Waals surface area contributed by atoms with Crippen LogP contribution in [0.25, 0.3) is 5.76 Å². The van der Waals surface area contributed by atoms with E-state index in [1.807, 2.05) is 12.1 Å². The predicted octanol–water partition coefficient (Wildman–Crippen LogP) is 5.75. The van der Waals surface area contributed by atoms with Gasteiger partial charge in [0.1, 0.15) is 17.3 Å². The monoisotopic (exact) mass is 527 g/mol. The molecule has 1 N–H and O–H groups in total. The van der Waals surface area contributed by atoms with Gasteiger partial charge >= 0.3 is 0 Å². The summed E-state index contributed by atoms with van der Waals surface area (Å²) in [7, 11) is 2.88. The van der Waals surface area contributed by atoms with E-state index < -0.39 is 17.7 Å². The van der Waals surface area contributed by atoms with E-state index in [1.165, 1.54) is 31.3 Å². The highest BCUT2D eigenvalue weighted by molar-refractivity contribution is 9.10. The number of methoxy groups -OCH3 is 2. The first-order valence-corrected chi connectivity index (χ1v) is 11.1. The van der Waals surface area contributed by atoms with Crippen molar-refractivity contribution >= 4 is 50.7 Å². The number of hydrogen-bond acceptors (Lipinski definition) is 5. The molecule has 1 amide bonds. The van der Waals surface area contributed by atoms with E-state index >= 15 is 0 Å². The average molecular weight is 529 g/mol. The number of carbonyl (C=O) groups is 2. The van der Waals surface area contributed by atoms with Gasteiger partial charge in [-0.25, -0.2) is 0 Å². The molecule has 0 spiro atoms. The van der Waals surface area contributed by atoms with Crippen molar-refractivity contribution in [1.82, 2.24) is 0 Å². The second-order valence-corrected chi connectivity index (χ2v) is 8.57. The van der Waals surface area contributed by atoms with Gasteiger partial charge in [0.05, 0.1) is 36.4 Å². The van der Waals surface area contributed by atoms with Crippen LogP contribution in [0.1, 0.15) is 17.2 Å². The van der Waals surface area contributed by atoms with E-state index in [-0.39, 0.29) is 27.7 Å². The Hall–Kier alpha value is -3.29. The van der Waals surface area contributed by atoms with Crippen LogP contribution in [-0.4, -0.2) is 31.0 Å². The van der Waals surface area contributed by atoms with Crippen LogP contribution in [0.5, 0.6) is 11.5 Å². The van der Waals surface area contributed by atoms with E-state index in [1.54, 1.807) is 42.5 Å². The Labute approximate surface area is 204 Å². The van der Waals surface area contributed by atoms with Crippen molar-refractivity contribution < 1.29 is 24.2 Å². The molecule has 1 aliphatic rings. The summed E-state index contributed by atoms with van der Waals surface area (Å²) in [6.07, 6.45) is 0. The number of aliphatic hydroxyl groups excluding tert-OH is 1. The Morgan fingerprint density at radius 3 is 2.30 bits per heavy atom. The maximum absolute atomic E-state index is 13.3. The highest BCUT2D eigenvalue weighted by Gasteiger charge is 2.47. The van der Waals surface area contributed by atoms with Gasteiger partial charge < -0.3 is 14.6 Å². The summed E-state index contributed by atoms with van der Waals surface area (Å²) in [5.74, 6) is -1.35. The minimum atomic E-state index is -0.855. The predicted molar refractivity (Wildman–Crippen MR) is 130 cm³/mol. The molecular formula is C25H19BrClNO5. The number of amides is 1. The SMILES string of the molecule is COc1cc(OC)c(/C(O)=C2\C(=O)C(=O)N(c3cccc(Br)c3)C2c2ccccc2)cc1Cl. The fraction of sp³-hybridized carbons (Fsp3) is 0.120. The van der Waals surface area contributed by atoms with Gasteiger partial charge in [0.25, 0.3) is 11.7 Å². The van der Waals surface area contributed by atoms with Gasteiger partial charge in [0, 0.05) is 16.2 Å². The highest BCUT2D eigenvalue weighted by atomic mass is 79.9. The maximum Gasteiger partial charge on any atom is 0.300 e. The number of Topliss-reactive ketones (excluding diaryl/α,β-unsaturated/α-hetero) is 1. The van der Waals surface area contributed by atoms with Gasteiger partial charge in [-0.15, -0.1) is 0 Å². The van der Waals surface area contributed by atoms with E-state index in [2.05, 4.69) is 15.9 Å². The van der Waals surface area contributed by atoms with Crippen molar-refractivity contribution in [2.45, 2.75) is 6.04 Å². The topological polar surface area (TPSA) is 76.1 Å². The van der Waals surface area contributed by atoms with Crippen LogP contribution in [0.3, 0.4) is 0 Å². The molecule has 33 heavy (non-hydrogen) atoms. The molecule has 1 fully saturated rings. The van der Waals surface area contributed by atoms with Crippen LogP contribution in [-0.2, 0) is 9.59 Å². The molecule has 1 unspecified atom stereocenters. The number of aliphatic hydroxyl groups is 1. The molecule has 3 aromatic carbocycles. The first kappa shape index (κ1) is 22.9. The standard InChI is InChI=1S/C25H19BrClNO5/c1-32-19-13-20(33-2)18(27)12-17(19)23(29)21-22(14-7-4-3-5-8-14)28(25(31)24(21)30)16-10-6-9-15(26)11-16/h3-13,22,29H,1-2H3/b23-21+. The molecule has 6 nitrogen and oxygen atoms in total. The van der Waals surface area contributed by atoms with Crippen molar-refractivity contribution in [3.8, 4) is 11.5 Å². The van der Waals surface area contributed by atoms with Crippen molar-refractivity contribution in [2.75, 3.05) is 19.1 Å². The van der Waals surface area contributed by atoms with Crippen LogP contribution < -0.4 is 14.4 Å². The molecule has 0 saturated carbocycles. The van der Waals surface area contributed by atoms with Crippen molar-refractivity contribution in [3.63, 3.8) is 0 Å². The zero-order chi connectivity index (χ0) is 23.7. The fourth-order valence-corrected chi connectivity index (χ4v) is 4.49. The fourth-order valence-electron chi connectivity index (χ4n) is 3.87. The Bertz CT molecular complexity index is 1280. The van der Waals surface area contributed by atoms with Crippen LogP contribution in [0.4, 0.5) is 5.69 Å². The minimum Gasteiger partial charge on any atom is -0.507 e. The van der Waals surface area contributed by atoms with Crippen LogP contribution in [0, 0.1) is 0 Å². The van der Waals surface area contributed by atoms with E-state index in [0.717, 1.165) is 4.47 Å². The summed E-state index contributed by atoms with van der Waals surface area (Å²) in [4.78, 5) is 27.8. The van der Waals surface area contributed by atoms with Crippen molar-refractivity contribution in [3.05, 3.63) is 92.9 Å². The Balaban J connectivity index is 1.98. The molecule has 3 aromatic rings. The highest BCUT2D eigenvalue weighted by Crippen LogP contribution is 2.44. The van der Waals surface area contributed by atoms with Gasteiger partial charge in [-0.05, 0) is 29.8 Å². The van der Waals surface area contributed by atoms with Gasteiger partial charge in [-0.1, -0.05) is 63.9 Å². The number of halogens is 2. The third kappa shape index (κ3) is 4.10. The maximum atomic E-state index is 13.3. The van der Waals surface area contributed by atoms with E-state index in [4.69, 9.17) is 21.1 Å². The number of nitrogens with zero attached hydrogens (tertiary/aromatic N) is 1. The number of ether oxygens (including phenoxy) is 2. The van der Waals surface area contributed by atoms with Gasteiger partial charge in [0.15, 0.2) is 0 Å². The molecule has 0 bridgehead atoms. The molecule has 1 atom stereocenters. The number of anilines is 1. The molecule has 0 aromatic heterocycles. The summed E-state index contributed by atoms with van der Waals surface area (Å²) < 4.78 is 11.4. The quantitative estimate of drug-likeness (QED) is 0.259. The molecule has 4 rings (SSSR count). The second-order valence-electron chi connectivity index (χ2n) is 7.25. The average Bonchev–Trinajstić information content (AvgIpc) is 3.09. The van der Waals surface area contributed by atoms with Gasteiger partial charge in [-0.3, -0.25) is 14.5 Å².